The van der Waals surface area contributed by atoms with Gasteiger partial charge in [-0.1, -0.05) is 6.07 Å². The van der Waals surface area contributed by atoms with Crippen LogP contribution in [0.3, 0.4) is 0 Å². The lowest BCUT2D eigenvalue weighted by Gasteiger charge is -2.20. The maximum Gasteiger partial charge on any atom is 0.310 e. The van der Waals surface area contributed by atoms with Crippen LogP contribution < -0.4 is 0 Å². The average Bonchev–Trinajstić information content (AvgIpc) is 2.71. The number of carboxylic acid groups (broad SMARTS) is 1. The molecule has 0 saturated carbocycles. The van der Waals surface area contributed by atoms with E-state index in [4.69, 9.17) is 10.4 Å². The van der Waals surface area contributed by atoms with Crippen molar-refractivity contribution < 1.29 is 9.90 Å². The Morgan fingerprint density at radius 3 is 2.78 bits per heavy atom. The molecule has 1 aromatic carbocycles. The monoisotopic (exact) mass is 242 g/mol. The van der Waals surface area contributed by atoms with Gasteiger partial charge < -0.3 is 9.67 Å². The lowest BCUT2D eigenvalue weighted by atomic mass is 9.94. The summed E-state index contributed by atoms with van der Waals surface area (Å²) in [7, 11) is 0. The molecule has 0 bridgehead atoms. The fourth-order valence-corrected chi connectivity index (χ4v) is 1.95. The number of hydrogen-bond acceptors (Lipinski definition) is 2. The Bertz CT molecular complexity index is 647. The van der Waals surface area contributed by atoms with Crippen molar-refractivity contribution in [2.75, 3.05) is 0 Å². The summed E-state index contributed by atoms with van der Waals surface area (Å²) in [4.78, 5) is 11.1. The second-order valence-corrected chi connectivity index (χ2v) is 4.98. The largest absolute Gasteiger partial charge is 0.481 e. The Kier molecular flexibility index (Phi) is 2.84. The van der Waals surface area contributed by atoms with Crippen LogP contribution >= 0.6 is 0 Å². The average molecular weight is 242 g/mol. The Labute approximate surface area is 105 Å². The van der Waals surface area contributed by atoms with E-state index in [1.165, 1.54) is 0 Å². The zero-order chi connectivity index (χ0) is 13.3. The van der Waals surface area contributed by atoms with E-state index < -0.39 is 11.4 Å². The Hall–Kier alpha value is -2.28. The van der Waals surface area contributed by atoms with Gasteiger partial charge in [0.15, 0.2) is 0 Å². The van der Waals surface area contributed by atoms with Crippen LogP contribution in [0.1, 0.15) is 19.4 Å². The van der Waals surface area contributed by atoms with Gasteiger partial charge in [0.1, 0.15) is 0 Å². The molecule has 0 radical (unpaired) electrons. The molecule has 2 rings (SSSR count). The molecule has 0 fully saturated rings. The van der Waals surface area contributed by atoms with E-state index in [9.17, 15) is 4.79 Å². The summed E-state index contributed by atoms with van der Waals surface area (Å²) in [5, 5.41) is 19.0. The minimum Gasteiger partial charge on any atom is -0.481 e. The summed E-state index contributed by atoms with van der Waals surface area (Å²) in [6, 6.07) is 9.46. The first-order valence-electron chi connectivity index (χ1n) is 5.67. The van der Waals surface area contributed by atoms with Crippen molar-refractivity contribution in [1.29, 1.82) is 5.26 Å². The second-order valence-electron chi connectivity index (χ2n) is 4.98. The Morgan fingerprint density at radius 1 is 1.44 bits per heavy atom. The number of hydrogen-bond donors (Lipinski definition) is 1. The SMILES string of the molecule is CC(C)(Cn1ccc2c(C#N)cccc21)C(=O)O. The minimum absolute atomic E-state index is 0.376. The summed E-state index contributed by atoms with van der Waals surface area (Å²) < 4.78 is 1.88. The highest BCUT2D eigenvalue weighted by molar-refractivity contribution is 5.86. The molecule has 1 heterocycles. The second kappa shape index (κ2) is 4.19. The smallest absolute Gasteiger partial charge is 0.310 e. The van der Waals surface area contributed by atoms with Gasteiger partial charge in [-0.25, -0.2) is 0 Å². The molecular formula is C14H14N2O2. The van der Waals surface area contributed by atoms with Gasteiger partial charge in [0, 0.05) is 23.6 Å². The van der Waals surface area contributed by atoms with E-state index in [1.807, 2.05) is 29.0 Å². The molecule has 4 nitrogen and oxygen atoms in total. The van der Waals surface area contributed by atoms with Gasteiger partial charge in [-0.3, -0.25) is 4.79 Å². The molecule has 0 saturated heterocycles. The molecule has 4 heteroatoms. The van der Waals surface area contributed by atoms with Crippen molar-refractivity contribution in [2.45, 2.75) is 20.4 Å². The van der Waals surface area contributed by atoms with Crippen molar-refractivity contribution in [1.82, 2.24) is 4.57 Å². The molecule has 0 atom stereocenters. The van der Waals surface area contributed by atoms with Gasteiger partial charge in [-0.2, -0.15) is 5.26 Å². The lowest BCUT2D eigenvalue weighted by Crippen LogP contribution is -2.28. The van der Waals surface area contributed by atoms with Crippen LogP contribution in [-0.4, -0.2) is 15.6 Å². The van der Waals surface area contributed by atoms with Gasteiger partial charge in [0.2, 0.25) is 0 Å². The van der Waals surface area contributed by atoms with Crippen LogP contribution in [0.5, 0.6) is 0 Å². The molecule has 0 aliphatic carbocycles. The van der Waals surface area contributed by atoms with E-state index >= 15 is 0 Å². The molecule has 1 aromatic heterocycles. The summed E-state index contributed by atoms with van der Waals surface area (Å²) >= 11 is 0. The third-order valence-electron chi connectivity index (χ3n) is 3.08. The highest BCUT2D eigenvalue weighted by atomic mass is 16.4. The number of carboxylic acids is 1. The standard InChI is InChI=1S/C14H14N2O2/c1-14(2,13(17)18)9-16-7-6-11-10(8-15)4-3-5-12(11)16/h3-7H,9H2,1-2H3,(H,17,18). The van der Waals surface area contributed by atoms with Crippen LogP contribution in [0.2, 0.25) is 0 Å². The number of rotatable bonds is 3. The van der Waals surface area contributed by atoms with E-state index in [2.05, 4.69) is 6.07 Å². The van der Waals surface area contributed by atoms with Gasteiger partial charge in [-0.05, 0) is 32.0 Å². The van der Waals surface area contributed by atoms with Crippen LogP contribution in [0.15, 0.2) is 30.5 Å². The van der Waals surface area contributed by atoms with Crippen LogP contribution in [0.25, 0.3) is 10.9 Å². The molecule has 18 heavy (non-hydrogen) atoms. The number of benzene rings is 1. The van der Waals surface area contributed by atoms with Crippen molar-refractivity contribution in [3.05, 3.63) is 36.0 Å². The van der Waals surface area contributed by atoms with Crippen molar-refractivity contribution in [2.24, 2.45) is 5.41 Å². The summed E-state index contributed by atoms with van der Waals surface area (Å²) in [5.41, 5.74) is 0.664. The third kappa shape index (κ3) is 1.95. The maximum atomic E-state index is 11.1. The summed E-state index contributed by atoms with van der Waals surface area (Å²) in [6.45, 7) is 3.76. The van der Waals surface area contributed by atoms with Gasteiger partial charge in [0.05, 0.1) is 17.0 Å². The highest BCUT2D eigenvalue weighted by Gasteiger charge is 2.28. The topological polar surface area (TPSA) is 66.0 Å². The first kappa shape index (κ1) is 12.2. The number of nitriles is 1. The van der Waals surface area contributed by atoms with Crippen molar-refractivity contribution >= 4 is 16.9 Å². The predicted molar refractivity (Wildman–Crippen MR) is 68.1 cm³/mol. The van der Waals surface area contributed by atoms with Crippen LogP contribution in [-0.2, 0) is 11.3 Å². The van der Waals surface area contributed by atoms with E-state index in [0.29, 0.717) is 12.1 Å². The van der Waals surface area contributed by atoms with Crippen LogP contribution in [0.4, 0.5) is 0 Å². The van der Waals surface area contributed by atoms with E-state index in [0.717, 1.165) is 10.9 Å². The van der Waals surface area contributed by atoms with Crippen molar-refractivity contribution in [3.63, 3.8) is 0 Å². The number of aliphatic carboxylic acids is 1. The number of fused-ring (bicyclic) bond motifs is 1. The number of aromatic nitrogens is 1. The first-order valence-corrected chi connectivity index (χ1v) is 5.67. The van der Waals surface area contributed by atoms with Gasteiger partial charge in [-0.15, -0.1) is 0 Å². The molecule has 0 aliphatic heterocycles. The highest BCUT2D eigenvalue weighted by Crippen LogP contribution is 2.24. The zero-order valence-corrected chi connectivity index (χ0v) is 10.3. The first-order chi connectivity index (χ1) is 8.45. The molecule has 1 N–H and O–H groups in total. The van der Waals surface area contributed by atoms with Gasteiger partial charge >= 0.3 is 5.97 Å². The van der Waals surface area contributed by atoms with E-state index in [-0.39, 0.29) is 0 Å². The minimum atomic E-state index is -0.839. The quantitative estimate of drug-likeness (QED) is 0.899. The molecule has 0 unspecified atom stereocenters. The molecular weight excluding hydrogens is 228 g/mol. The summed E-state index contributed by atoms with van der Waals surface area (Å²) in [6.07, 6.45) is 1.83. The summed E-state index contributed by atoms with van der Waals surface area (Å²) in [5.74, 6) is -0.833. The molecule has 0 spiro atoms. The van der Waals surface area contributed by atoms with E-state index in [1.54, 1.807) is 19.9 Å². The number of nitrogens with zero attached hydrogens (tertiary/aromatic N) is 2. The molecule has 0 aliphatic rings. The number of carbonyl (C=O) groups is 1. The van der Waals surface area contributed by atoms with Crippen LogP contribution in [0, 0.1) is 16.7 Å². The Morgan fingerprint density at radius 2 is 2.17 bits per heavy atom. The van der Waals surface area contributed by atoms with Crippen molar-refractivity contribution in [3.8, 4) is 6.07 Å². The Balaban J connectivity index is 2.49. The molecule has 92 valence electrons. The molecule has 0 amide bonds. The fourth-order valence-electron chi connectivity index (χ4n) is 1.95. The fraction of sp³-hybridized carbons (Fsp3) is 0.286. The van der Waals surface area contributed by atoms with Gasteiger partial charge in [0.25, 0.3) is 0 Å². The predicted octanol–water partition coefficient (Wildman–Crippen LogP) is 2.62. The maximum absolute atomic E-state index is 11.1. The third-order valence-corrected chi connectivity index (χ3v) is 3.08. The lowest BCUT2D eigenvalue weighted by molar-refractivity contribution is -0.147. The zero-order valence-electron chi connectivity index (χ0n) is 10.3. The normalized spacial score (nSPS) is 11.4. The molecule has 2 aromatic rings.